The molecule has 0 bridgehead atoms. The van der Waals surface area contributed by atoms with Gasteiger partial charge in [-0.25, -0.2) is 13.1 Å². The van der Waals surface area contributed by atoms with Crippen LogP contribution in [0.15, 0.2) is 24.3 Å². The van der Waals surface area contributed by atoms with Crippen molar-refractivity contribution in [2.24, 2.45) is 0 Å². The van der Waals surface area contributed by atoms with Crippen LogP contribution in [0.1, 0.15) is 18.1 Å². The molecule has 15 heavy (non-hydrogen) atoms. The zero-order chi connectivity index (χ0) is 11.3. The summed E-state index contributed by atoms with van der Waals surface area (Å²) in [6, 6.07) is 6.91. The lowest BCUT2D eigenvalue weighted by molar-refractivity contribution is 0.282. The summed E-state index contributed by atoms with van der Waals surface area (Å²) in [4.78, 5) is 0. The van der Waals surface area contributed by atoms with Crippen molar-refractivity contribution in [1.82, 2.24) is 4.72 Å². The molecule has 1 aromatic rings. The summed E-state index contributed by atoms with van der Waals surface area (Å²) in [6.07, 6.45) is 0. The Morgan fingerprint density at radius 3 is 2.60 bits per heavy atom. The van der Waals surface area contributed by atoms with Gasteiger partial charge in [0, 0.05) is 6.54 Å². The maximum atomic E-state index is 11.4. The molecule has 2 N–H and O–H groups in total. The molecule has 84 valence electrons. The van der Waals surface area contributed by atoms with Crippen LogP contribution in [0.3, 0.4) is 0 Å². The molecule has 1 rings (SSSR count). The summed E-state index contributed by atoms with van der Waals surface area (Å²) in [6.45, 7) is 2.05. The van der Waals surface area contributed by atoms with Crippen molar-refractivity contribution < 1.29 is 13.5 Å². The molecule has 4 nitrogen and oxygen atoms in total. The fourth-order valence-electron chi connectivity index (χ4n) is 1.31. The average Bonchev–Trinajstić information content (AvgIpc) is 2.17. The molecular formula is C10H15NO3S. The highest BCUT2D eigenvalue weighted by Crippen LogP contribution is 2.08. The number of hydrogen-bond donors (Lipinski definition) is 2. The van der Waals surface area contributed by atoms with Gasteiger partial charge in [-0.3, -0.25) is 0 Å². The zero-order valence-electron chi connectivity index (χ0n) is 8.60. The Bertz CT molecular complexity index is 414. The van der Waals surface area contributed by atoms with Crippen molar-refractivity contribution in [3.8, 4) is 0 Å². The van der Waals surface area contributed by atoms with Gasteiger partial charge in [0.25, 0.3) is 0 Å². The minimum Gasteiger partial charge on any atom is -0.392 e. The third-order valence-corrected chi connectivity index (χ3v) is 3.34. The van der Waals surface area contributed by atoms with Gasteiger partial charge in [-0.1, -0.05) is 31.2 Å². The molecule has 0 atom stereocenters. The van der Waals surface area contributed by atoms with Gasteiger partial charge in [-0.15, -0.1) is 0 Å². The molecule has 5 heteroatoms. The average molecular weight is 229 g/mol. The monoisotopic (exact) mass is 229 g/mol. The van der Waals surface area contributed by atoms with Gasteiger partial charge in [-0.2, -0.15) is 0 Å². The number of benzene rings is 1. The van der Waals surface area contributed by atoms with E-state index >= 15 is 0 Å². The predicted octanol–water partition coefficient (Wildman–Crippen LogP) is 0.618. The Morgan fingerprint density at radius 1 is 1.33 bits per heavy atom. The molecule has 0 saturated carbocycles. The number of nitrogens with one attached hydrogen (secondary N) is 1. The van der Waals surface area contributed by atoms with Gasteiger partial charge >= 0.3 is 0 Å². The third kappa shape index (κ3) is 3.99. The number of rotatable bonds is 5. The lowest BCUT2D eigenvalue weighted by atomic mass is 10.1. The van der Waals surface area contributed by atoms with Crippen molar-refractivity contribution in [1.29, 1.82) is 0 Å². The van der Waals surface area contributed by atoms with E-state index in [9.17, 15) is 8.42 Å². The first-order chi connectivity index (χ1) is 7.07. The first-order valence-corrected chi connectivity index (χ1v) is 6.38. The summed E-state index contributed by atoms with van der Waals surface area (Å²) in [5, 5.41) is 8.90. The van der Waals surface area contributed by atoms with E-state index in [-0.39, 0.29) is 12.4 Å². The summed E-state index contributed by atoms with van der Waals surface area (Å²) >= 11 is 0. The second-order valence-electron chi connectivity index (χ2n) is 3.24. The van der Waals surface area contributed by atoms with Crippen LogP contribution in [0, 0.1) is 0 Å². The number of hydrogen-bond acceptors (Lipinski definition) is 3. The quantitative estimate of drug-likeness (QED) is 0.777. The maximum Gasteiger partial charge on any atom is 0.215 e. The van der Waals surface area contributed by atoms with Crippen LogP contribution in [0.5, 0.6) is 0 Å². The van der Waals surface area contributed by atoms with Gasteiger partial charge in [0.2, 0.25) is 10.0 Å². The molecule has 0 saturated heterocycles. The highest BCUT2D eigenvalue weighted by molar-refractivity contribution is 7.88. The Kier molecular flexibility index (Phi) is 4.26. The van der Waals surface area contributed by atoms with Crippen LogP contribution in [-0.2, 0) is 22.4 Å². The summed E-state index contributed by atoms with van der Waals surface area (Å²) in [5.74, 6) is -0.0469. The highest BCUT2D eigenvalue weighted by atomic mass is 32.2. The first kappa shape index (κ1) is 12.2. The molecular weight excluding hydrogens is 214 g/mol. The zero-order valence-corrected chi connectivity index (χ0v) is 9.42. The minimum absolute atomic E-state index is 0.0469. The molecule has 0 fully saturated rings. The summed E-state index contributed by atoms with van der Waals surface area (Å²) in [5.41, 5.74) is 1.40. The van der Waals surface area contributed by atoms with Crippen molar-refractivity contribution in [3.05, 3.63) is 35.4 Å². The second kappa shape index (κ2) is 5.25. The second-order valence-corrected chi connectivity index (χ2v) is 5.04. The Morgan fingerprint density at radius 2 is 2.00 bits per heavy atom. The normalized spacial score (nSPS) is 11.6. The van der Waals surface area contributed by atoms with Crippen LogP contribution in [0.2, 0.25) is 0 Å². The van der Waals surface area contributed by atoms with Crippen molar-refractivity contribution in [2.45, 2.75) is 19.3 Å². The minimum atomic E-state index is -3.24. The highest BCUT2D eigenvalue weighted by Gasteiger charge is 2.09. The van der Waals surface area contributed by atoms with Crippen LogP contribution in [0.4, 0.5) is 0 Å². The molecule has 0 spiro atoms. The van der Waals surface area contributed by atoms with Crippen LogP contribution >= 0.6 is 0 Å². The first-order valence-electron chi connectivity index (χ1n) is 4.73. The van der Waals surface area contributed by atoms with Crippen molar-refractivity contribution >= 4 is 10.0 Å². The van der Waals surface area contributed by atoms with E-state index in [4.69, 9.17) is 5.11 Å². The van der Waals surface area contributed by atoms with Crippen LogP contribution < -0.4 is 4.72 Å². The smallest absolute Gasteiger partial charge is 0.215 e. The molecule has 0 aliphatic rings. The summed E-state index contributed by atoms with van der Waals surface area (Å²) in [7, 11) is -3.24. The molecule has 1 aromatic carbocycles. The molecule has 0 amide bonds. The number of aliphatic hydroxyl groups is 1. The molecule has 0 aromatic heterocycles. The van der Waals surface area contributed by atoms with Gasteiger partial charge in [0.15, 0.2) is 0 Å². The Hall–Kier alpha value is -0.910. The maximum absolute atomic E-state index is 11.4. The van der Waals surface area contributed by atoms with E-state index < -0.39 is 10.0 Å². The largest absolute Gasteiger partial charge is 0.392 e. The predicted molar refractivity (Wildman–Crippen MR) is 58.7 cm³/mol. The lowest BCUT2D eigenvalue weighted by Crippen LogP contribution is -2.24. The molecule has 0 aliphatic carbocycles. The number of sulfonamides is 1. The van der Waals surface area contributed by atoms with E-state index in [1.807, 2.05) is 0 Å². The fraction of sp³-hybridized carbons (Fsp3) is 0.400. The number of aliphatic hydroxyl groups excluding tert-OH is 1. The third-order valence-electron chi connectivity index (χ3n) is 1.89. The SMILES string of the molecule is CCNS(=O)(=O)Cc1cccc(CO)c1. The van der Waals surface area contributed by atoms with E-state index in [0.29, 0.717) is 12.1 Å². The molecule has 0 unspecified atom stereocenters. The topological polar surface area (TPSA) is 66.4 Å². The summed E-state index contributed by atoms with van der Waals surface area (Å²) < 4.78 is 25.3. The standard InChI is InChI=1S/C10H15NO3S/c1-2-11-15(13,14)8-10-5-3-4-9(6-10)7-12/h3-6,11-12H,2,7-8H2,1H3. The van der Waals surface area contributed by atoms with Gasteiger partial charge in [0.05, 0.1) is 12.4 Å². The molecule has 0 aliphatic heterocycles. The molecule has 0 heterocycles. The van der Waals surface area contributed by atoms with E-state index in [0.717, 1.165) is 5.56 Å². The lowest BCUT2D eigenvalue weighted by Gasteiger charge is -2.05. The van der Waals surface area contributed by atoms with Crippen molar-refractivity contribution in [2.75, 3.05) is 6.54 Å². The Balaban J connectivity index is 2.80. The fourth-order valence-corrected chi connectivity index (χ4v) is 2.47. The van der Waals surface area contributed by atoms with E-state index in [2.05, 4.69) is 4.72 Å². The van der Waals surface area contributed by atoms with Crippen LogP contribution in [-0.4, -0.2) is 20.1 Å². The molecule has 0 radical (unpaired) electrons. The Labute approximate surface area is 90.0 Å². The van der Waals surface area contributed by atoms with Gasteiger partial charge < -0.3 is 5.11 Å². The van der Waals surface area contributed by atoms with Crippen molar-refractivity contribution in [3.63, 3.8) is 0 Å². The van der Waals surface area contributed by atoms with Gasteiger partial charge in [-0.05, 0) is 11.1 Å². The van der Waals surface area contributed by atoms with Gasteiger partial charge in [0.1, 0.15) is 0 Å². The van der Waals surface area contributed by atoms with E-state index in [1.165, 1.54) is 0 Å². The van der Waals surface area contributed by atoms with E-state index in [1.54, 1.807) is 31.2 Å². The van der Waals surface area contributed by atoms with Crippen LogP contribution in [0.25, 0.3) is 0 Å².